The van der Waals surface area contributed by atoms with E-state index in [2.05, 4.69) is 17.1 Å². The van der Waals surface area contributed by atoms with E-state index in [1.807, 2.05) is 48.5 Å². The highest BCUT2D eigenvalue weighted by atomic mass is 16.3. The second-order valence-electron chi connectivity index (χ2n) is 10.4. The highest BCUT2D eigenvalue weighted by Gasteiger charge is 2.16. The van der Waals surface area contributed by atoms with Crippen LogP contribution in [0, 0.1) is 22.7 Å². The zero-order valence-corrected chi connectivity index (χ0v) is 24.2. The van der Waals surface area contributed by atoms with Crippen LogP contribution in [-0.4, -0.2) is 31.6 Å². The fourth-order valence-corrected chi connectivity index (χ4v) is 5.28. The molecule has 0 atom stereocenters. The van der Waals surface area contributed by atoms with Crippen LogP contribution in [0.2, 0.25) is 0 Å². The molecule has 0 bridgehead atoms. The number of H-pyrrole nitrogens is 1. The Bertz CT molecular complexity index is 2160. The molecule has 2 aromatic heterocycles. The number of hydrogen-bond acceptors (Lipinski definition) is 6. The van der Waals surface area contributed by atoms with Crippen LogP contribution in [-0.2, 0) is 20.3 Å². The zero-order valence-electron chi connectivity index (χ0n) is 24.2. The Morgan fingerprint density at radius 1 is 0.733 bits per heavy atom. The number of benzene rings is 4. The van der Waals surface area contributed by atoms with Gasteiger partial charge in [0.25, 0.3) is 11.8 Å². The highest BCUT2D eigenvalue weighted by Crippen LogP contribution is 2.33. The summed E-state index contributed by atoms with van der Waals surface area (Å²) in [6, 6.07) is 29.4. The van der Waals surface area contributed by atoms with Gasteiger partial charge in [-0.2, -0.15) is 10.5 Å². The van der Waals surface area contributed by atoms with E-state index < -0.39 is 11.8 Å². The number of rotatable bonds is 6. The number of nitrogens with one attached hydrogen (secondary N) is 1. The fourth-order valence-electron chi connectivity index (χ4n) is 5.28. The minimum Gasteiger partial charge on any atom is -0.392 e. The van der Waals surface area contributed by atoms with E-state index in [0.717, 1.165) is 55.2 Å². The summed E-state index contributed by atoms with van der Waals surface area (Å²) in [6.07, 6.45) is 0. The number of primary amides is 2. The molecule has 0 aliphatic heterocycles. The largest absolute Gasteiger partial charge is 0.392 e. The predicted octanol–water partition coefficient (Wildman–Crippen LogP) is 4.61. The number of fused-ring (bicyclic) bond motifs is 2. The predicted molar refractivity (Wildman–Crippen MR) is 170 cm³/mol. The van der Waals surface area contributed by atoms with Gasteiger partial charge in [0.15, 0.2) is 0 Å². The molecule has 0 unspecified atom stereocenters. The van der Waals surface area contributed by atoms with E-state index in [-0.39, 0.29) is 13.2 Å². The number of aryl methyl sites for hydroxylation is 1. The van der Waals surface area contributed by atoms with Gasteiger partial charge in [-0.1, -0.05) is 48.5 Å². The standard InChI is InChI=1S/C18H15N3O2.C17H13N3O2/c1-21-16(18(20)23)8-14-6-12(9-19)7-15(17(14)21)13-4-2-11(10-22)3-5-13;18-8-11-5-13-7-15(17(19)22)20-16(13)14(6-11)12-3-1-10(9-21)2-4-12/h2-8,22H,10H2,1H3,(H2,20,23);1-7,20-21H,9H2,(H2,19,22). The van der Waals surface area contributed by atoms with Crippen molar-refractivity contribution in [1.82, 2.24) is 9.55 Å². The number of aromatic nitrogens is 2. The SMILES string of the molecule is Cn1c(C(N)=O)cc2cc(C#N)cc(-c3ccc(CO)cc3)c21.N#Cc1cc(-c2ccc(CO)cc2)c2[nH]c(C(N)=O)cc2c1. The third kappa shape index (κ3) is 6.01. The van der Waals surface area contributed by atoms with E-state index in [1.165, 1.54) is 0 Å². The molecule has 0 aliphatic rings. The number of nitrogens with two attached hydrogens (primary N) is 2. The number of carbonyl (C=O) groups is 2. The molecule has 0 saturated heterocycles. The number of aromatic amines is 1. The molecule has 6 aromatic rings. The number of hydrogen-bond donors (Lipinski definition) is 5. The van der Waals surface area contributed by atoms with Crippen molar-refractivity contribution in [3.05, 3.63) is 119 Å². The first kappa shape index (κ1) is 30.3. The summed E-state index contributed by atoms with van der Waals surface area (Å²) < 4.78 is 1.74. The van der Waals surface area contributed by atoms with E-state index >= 15 is 0 Å². The third-order valence-corrected chi connectivity index (χ3v) is 7.53. The van der Waals surface area contributed by atoms with Gasteiger partial charge in [0.05, 0.1) is 47.5 Å². The molecule has 0 saturated carbocycles. The first-order valence-electron chi connectivity index (χ1n) is 13.8. The Hall–Kier alpha value is -6.20. The Morgan fingerprint density at radius 3 is 1.73 bits per heavy atom. The average Bonchev–Trinajstić information content (AvgIpc) is 3.65. The van der Waals surface area contributed by atoms with Crippen LogP contribution >= 0.6 is 0 Å². The number of amides is 2. The molecule has 10 nitrogen and oxygen atoms in total. The molecule has 45 heavy (non-hydrogen) atoms. The van der Waals surface area contributed by atoms with Crippen LogP contribution in [0.3, 0.4) is 0 Å². The first-order chi connectivity index (χ1) is 21.7. The van der Waals surface area contributed by atoms with Crippen LogP contribution in [0.4, 0.5) is 0 Å². The smallest absolute Gasteiger partial charge is 0.265 e. The molecule has 4 aromatic carbocycles. The molecule has 6 rings (SSSR count). The number of nitriles is 2. The van der Waals surface area contributed by atoms with Crippen molar-refractivity contribution in [1.29, 1.82) is 10.5 Å². The molecular formula is C35H28N6O4. The fraction of sp³-hybridized carbons (Fsp3) is 0.0857. The van der Waals surface area contributed by atoms with Crippen LogP contribution < -0.4 is 11.5 Å². The van der Waals surface area contributed by atoms with Gasteiger partial charge in [-0.25, -0.2) is 0 Å². The summed E-state index contributed by atoms with van der Waals surface area (Å²) in [7, 11) is 1.78. The van der Waals surface area contributed by atoms with Crippen molar-refractivity contribution >= 4 is 33.6 Å². The van der Waals surface area contributed by atoms with Crippen molar-refractivity contribution in [2.75, 3.05) is 0 Å². The minimum absolute atomic E-state index is 0.0239. The Morgan fingerprint density at radius 2 is 1.24 bits per heavy atom. The van der Waals surface area contributed by atoms with Gasteiger partial charge in [0, 0.05) is 28.9 Å². The van der Waals surface area contributed by atoms with E-state index in [4.69, 9.17) is 21.7 Å². The van der Waals surface area contributed by atoms with Crippen LogP contribution in [0.25, 0.3) is 44.1 Å². The lowest BCUT2D eigenvalue weighted by molar-refractivity contribution is 0.0986. The number of carbonyl (C=O) groups excluding carboxylic acids is 2. The molecular weight excluding hydrogens is 568 g/mol. The summed E-state index contributed by atoms with van der Waals surface area (Å²) in [5.74, 6) is -1.06. The summed E-state index contributed by atoms with van der Waals surface area (Å²) in [5, 5.41) is 38.3. The summed E-state index contributed by atoms with van der Waals surface area (Å²) in [4.78, 5) is 25.9. The maximum absolute atomic E-state index is 11.6. The molecule has 222 valence electrons. The van der Waals surface area contributed by atoms with E-state index in [0.29, 0.717) is 22.5 Å². The Kier molecular flexibility index (Phi) is 8.46. The normalized spacial score (nSPS) is 10.6. The quantitative estimate of drug-likeness (QED) is 0.186. The highest BCUT2D eigenvalue weighted by molar-refractivity contribution is 6.04. The van der Waals surface area contributed by atoms with Crippen molar-refractivity contribution in [3.63, 3.8) is 0 Å². The number of aliphatic hydroxyl groups excluding tert-OH is 2. The summed E-state index contributed by atoms with van der Waals surface area (Å²) >= 11 is 0. The van der Waals surface area contributed by atoms with Gasteiger partial charge in [0.1, 0.15) is 11.4 Å². The maximum atomic E-state index is 11.6. The van der Waals surface area contributed by atoms with Crippen molar-refractivity contribution in [2.45, 2.75) is 13.2 Å². The monoisotopic (exact) mass is 596 g/mol. The van der Waals surface area contributed by atoms with Crippen LogP contribution in [0.15, 0.2) is 84.9 Å². The topological polar surface area (TPSA) is 195 Å². The molecule has 10 heteroatoms. The maximum Gasteiger partial charge on any atom is 0.265 e. The molecule has 0 fully saturated rings. The third-order valence-electron chi connectivity index (χ3n) is 7.53. The first-order valence-corrected chi connectivity index (χ1v) is 13.8. The summed E-state index contributed by atoms with van der Waals surface area (Å²) in [6.45, 7) is -0.0494. The lowest BCUT2D eigenvalue weighted by Crippen LogP contribution is -2.14. The van der Waals surface area contributed by atoms with Gasteiger partial charge >= 0.3 is 0 Å². The molecule has 0 aliphatic carbocycles. The van der Waals surface area contributed by atoms with Gasteiger partial charge in [-0.05, 0) is 58.7 Å². The minimum atomic E-state index is -0.545. The molecule has 7 N–H and O–H groups in total. The van der Waals surface area contributed by atoms with Crippen molar-refractivity contribution < 1.29 is 19.8 Å². The van der Waals surface area contributed by atoms with Crippen LogP contribution in [0.5, 0.6) is 0 Å². The second kappa shape index (κ2) is 12.6. The lowest BCUT2D eigenvalue weighted by Gasteiger charge is -2.09. The Balaban J connectivity index is 0.000000178. The van der Waals surface area contributed by atoms with E-state index in [1.54, 1.807) is 48.0 Å². The Labute approximate surface area is 258 Å². The number of nitrogens with zero attached hydrogens (tertiary/aromatic N) is 3. The van der Waals surface area contributed by atoms with E-state index in [9.17, 15) is 20.1 Å². The summed E-state index contributed by atoms with van der Waals surface area (Å²) in [5.41, 5.74) is 19.1. The average molecular weight is 597 g/mol. The number of aliphatic hydroxyl groups is 2. The van der Waals surface area contributed by atoms with Crippen LogP contribution in [0.1, 0.15) is 43.2 Å². The van der Waals surface area contributed by atoms with Gasteiger partial charge in [-0.3, -0.25) is 9.59 Å². The lowest BCUT2D eigenvalue weighted by atomic mass is 9.99. The second-order valence-corrected chi connectivity index (χ2v) is 10.4. The molecule has 2 heterocycles. The molecule has 0 radical (unpaired) electrons. The van der Waals surface area contributed by atoms with Gasteiger partial charge in [-0.15, -0.1) is 0 Å². The molecule has 0 spiro atoms. The zero-order chi connectivity index (χ0) is 32.2. The van der Waals surface area contributed by atoms with Crippen molar-refractivity contribution in [3.8, 4) is 34.4 Å². The molecule has 2 amide bonds. The van der Waals surface area contributed by atoms with Crippen molar-refractivity contribution in [2.24, 2.45) is 18.5 Å². The van der Waals surface area contributed by atoms with Gasteiger partial charge in [0.2, 0.25) is 0 Å². The van der Waals surface area contributed by atoms with Gasteiger partial charge < -0.3 is 31.2 Å².